The number of nitro groups is 1. The molecule has 0 aliphatic carbocycles. The number of primary amides is 1. The number of likely N-dealkylation sites (N-methyl/N-ethyl adjacent to an activating group) is 1. The van der Waals surface area contributed by atoms with Gasteiger partial charge < -0.3 is 10.6 Å². The van der Waals surface area contributed by atoms with Crippen LogP contribution in [-0.4, -0.2) is 35.2 Å². The Hall–Kier alpha value is -2.15. The van der Waals surface area contributed by atoms with E-state index in [2.05, 4.69) is 0 Å². The van der Waals surface area contributed by atoms with Crippen LogP contribution in [-0.2, 0) is 4.79 Å². The lowest BCUT2D eigenvalue weighted by Gasteiger charge is -2.15. The zero-order chi connectivity index (χ0) is 13.9. The van der Waals surface area contributed by atoms with Gasteiger partial charge in [0.05, 0.1) is 22.1 Å². The van der Waals surface area contributed by atoms with Gasteiger partial charge in [-0.1, -0.05) is 11.6 Å². The number of halogens is 1. The highest BCUT2D eigenvalue weighted by Crippen LogP contribution is 2.23. The van der Waals surface area contributed by atoms with Crippen molar-refractivity contribution in [1.29, 1.82) is 0 Å². The van der Waals surface area contributed by atoms with Gasteiger partial charge in [-0.2, -0.15) is 0 Å². The highest BCUT2D eigenvalue weighted by Gasteiger charge is 2.19. The lowest BCUT2D eigenvalue weighted by atomic mass is 10.1. The second-order valence-corrected chi connectivity index (χ2v) is 3.96. The van der Waals surface area contributed by atoms with Gasteiger partial charge in [-0.05, 0) is 6.07 Å². The first-order valence-corrected chi connectivity index (χ1v) is 5.18. The summed E-state index contributed by atoms with van der Waals surface area (Å²) in [6.45, 7) is -0.294. The molecule has 0 aromatic heterocycles. The van der Waals surface area contributed by atoms with Crippen LogP contribution in [0.3, 0.4) is 0 Å². The summed E-state index contributed by atoms with van der Waals surface area (Å²) in [4.78, 5) is 33.6. The summed E-state index contributed by atoms with van der Waals surface area (Å²) in [5.74, 6) is -1.30. The molecule has 1 aromatic rings. The van der Waals surface area contributed by atoms with Gasteiger partial charge in [-0.3, -0.25) is 19.7 Å². The van der Waals surface area contributed by atoms with Crippen molar-refractivity contribution in [3.63, 3.8) is 0 Å². The van der Waals surface area contributed by atoms with E-state index in [0.29, 0.717) is 0 Å². The molecular weight excluding hydrogens is 262 g/mol. The molecule has 0 aliphatic rings. The molecule has 1 rings (SSSR count). The van der Waals surface area contributed by atoms with Gasteiger partial charge >= 0.3 is 0 Å². The van der Waals surface area contributed by atoms with Gasteiger partial charge in [-0.25, -0.2) is 0 Å². The van der Waals surface area contributed by atoms with Crippen LogP contribution >= 0.6 is 11.6 Å². The number of hydrogen-bond acceptors (Lipinski definition) is 4. The van der Waals surface area contributed by atoms with Gasteiger partial charge in [-0.15, -0.1) is 0 Å². The molecule has 8 heteroatoms. The van der Waals surface area contributed by atoms with Crippen LogP contribution < -0.4 is 5.73 Å². The first-order chi connectivity index (χ1) is 8.32. The molecule has 0 saturated carbocycles. The van der Waals surface area contributed by atoms with Crippen LogP contribution in [0.4, 0.5) is 5.69 Å². The number of hydrogen-bond donors (Lipinski definition) is 1. The number of rotatable bonds is 4. The quantitative estimate of drug-likeness (QED) is 0.646. The molecule has 0 fully saturated rings. The Labute approximate surface area is 107 Å². The number of nitrogens with two attached hydrogens (primary N) is 1. The van der Waals surface area contributed by atoms with Crippen molar-refractivity contribution in [2.45, 2.75) is 0 Å². The van der Waals surface area contributed by atoms with Crippen molar-refractivity contribution in [3.05, 3.63) is 38.9 Å². The normalized spacial score (nSPS) is 9.89. The number of non-ortho nitro benzene ring substituents is 1. The van der Waals surface area contributed by atoms with E-state index in [1.165, 1.54) is 19.2 Å². The molecule has 0 bridgehead atoms. The maximum absolute atomic E-state index is 11.9. The molecule has 0 radical (unpaired) electrons. The smallest absolute Gasteiger partial charge is 0.270 e. The lowest BCUT2D eigenvalue weighted by Crippen LogP contribution is -2.35. The molecule has 0 spiro atoms. The molecule has 7 nitrogen and oxygen atoms in total. The Balaban J connectivity index is 3.08. The molecular formula is C10H10ClN3O4. The summed E-state index contributed by atoms with van der Waals surface area (Å²) in [7, 11) is 1.35. The first-order valence-electron chi connectivity index (χ1n) is 4.80. The van der Waals surface area contributed by atoms with Crippen LogP contribution in [0.2, 0.25) is 5.02 Å². The predicted molar refractivity (Wildman–Crippen MR) is 64.3 cm³/mol. The van der Waals surface area contributed by atoms with Gasteiger partial charge in [0.25, 0.3) is 11.6 Å². The summed E-state index contributed by atoms with van der Waals surface area (Å²) in [5.41, 5.74) is 4.65. The zero-order valence-electron chi connectivity index (χ0n) is 9.42. The highest BCUT2D eigenvalue weighted by molar-refractivity contribution is 6.34. The Bertz CT molecular complexity index is 518. The third kappa shape index (κ3) is 3.17. The lowest BCUT2D eigenvalue weighted by molar-refractivity contribution is -0.384. The number of nitrogens with zero attached hydrogens (tertiary/aromatic N) is 2. The van der Waals surface area contributed by atoms with E-state index in [0.717, 1.165) is 11.0 Å². The largest absolute Gasteiger partial charge is 0.368 e. The van der Waals surface area contributed by atoms with E-state index in [9.17, 15) is 19.7 Å². The maximum Gasteiger partial charge on any atom is 0.270 e. The first kappa shape index (κ1) is 13.9. The van der Waals surface area contributed by atoms with Crippen LogP contribution in [0.15, 0.2) is 18.2 Å². The summed E-state index contributed by atoms with van der Waals surface area (Å²) in [5, 5.41) is 10.7. The maximum atomic E-state index is 11.9. The van der Waals surface area contributed by atoms with E-state index >= 15 is 0 Å². The summed E-state index contributed by atoms with van der Waals surface area (Å²) in [6, 6.07) is 3.50. The topological polar surface area (TPSA) is 107 Å². The van der Waals surface area contributed by atoms with Crippen LogP contribution in [0.1, 0.15) is 10.4 Å². The van der Waals surface area contributed by atoms with Crippen LogP contribution in [0.5, 0.6) is 0 Å². The van der Waals surface area contributed by atoms with E-state index in [1.807, 2.05) is 0 Å². The van der Waals surface area contributed by atoms with Crippen molar-refractivity contribution in [1.82, 2.24) is 4.90 Å². The molecule has 0 heterocycles. The van der Waals surface area contributed by atoms with E-state index < -0.39 is 16.7 Å². The second-order valence-electron chi connectivity index (χ2n) is 3.55. The van der Waals surface area contributed by atoms with Crippen LogP contribution in [0.25, 0.3) is 0 Å². The summed E-state index contributed by atoms with van der Waals surface area (Å²) >= 11 is 5.79. The molecule has 0 atom stereocenters. The minimum absolute atomic E-state index is 0.0467. The Morgan fingerprint density at radius 1 is 1.50 bits per heavy atom. The minimum Gasteiger partial charge on any atom is -0.368 e. The van der Waals surface area contributed by atoms with Gasteiger partial charge in [0.15, 0.2) is 0 Å². The van der Waals surface area contributed by atoms with Gasteiger partial charge in [0, 0.05) is 19.2 Å². The molecule has 2 amide bonds. The van der Waals surface area contributed by atoms with Gasteiger partial charge in [0.1, 0.15) is 0 Å². The van der Waals surface area contributed by atoms with Crippen molar-refractivity contribution < 1.29 is 14.5 Å². The molecule has 0 unspecified atom stereocenters. The average molecular weight is 272 g/mol. The van der Waals surface area contributed by atoms with E-state index in [1.54, 1.807) is 0 Å². The monoisotopic (exact) mass is 271 g/mol. The fourth-order valence-electron chi connectivity index (χ4n) is 1.30. The Morgan fingerprint density at radius 2 is 2.11 bits per heavy atom. The molecule has 2 N–H and O–H groups in total. The number of benzene rings is 1. The number of nitro benzene ring substituents is 1. The standard InChI is InChI=1S/C10H10ClN3O4/c1-13(5-9(12)15)10(16)7-4-6(14(17)18)2-3-8(7)11/h2-4H,5H2,1H3,(H2,12,15). The molecule has 18 heavy (non-hydrogen) atoms. The molecule has 96 valence electrons. The molecule has 0 saturated heterocycles. The van der Waals surface area contributed by atoms with E-state index in [-0.39, 0.29) is 22.8 Å². The van der Waals surface area contributed by atoms with Crippen molar-refractivity contribution in [3.8, 4) is 0 Å². The van der Waals surface area contributed by atoms with E-state index in [4.69, 9.17) is 17.3 Å². The Morgan fingerprint density at radius 3 is 2.61 bits per heavy atom. The predicted octanol–water partition coefficient (Wildman–Crippen LogP) is 0.806. The number of carbonyl (C=O) groups excluding carboxylic acids is 2. The number of amides is 2. The molecule has 1 aromatic carbocycles. The van der Waals surface area contributed by atoms with Gasteiger partial charge in [0.2, 0.25) is 5.91 Å². The highest BCUT2D eigenvalue weighted by atomic mass is 35.5. The second kappa shape index (κ2) is 5.46. The molecule has 0 aliphatic heterocycles. The van der Waals surface area contributed by atoms with Crippen molar-refractivity contribution in [2.75, 3.05) is 13.6 Å². The average Bonchev–Trinajstić information content (AvgIpc) is 2.27. The minimum atomic E-state index is -0.688. The SMILES string of the molecule is CN(CC(N)=O)C(=O)c1cc([N+](=O)[O-])ccc1Cl. The fourth-order valence-corrected chi connectivity index (χ4v) is 1.50. The van der Waals surface area contributed by atoms with Crippen LogP contribution in [0, 0.1) is 10.1 Å². The zero-order valence-corrected chi connectivity index (χ0v) is 10.2. The van der Waals surface area contributed by atoms with Crippen molar-refractivity contribution >= 4 is 29.1 Å². The fraction of sp³-hybridized carbons (Fsp3) is 0.200. The Kier molecular flexibility index (Phi) is 4.22. The third-order valence-electron chi connectivity index (χ3n) is 2.13. The summed E-state index contributed by atoms with van der Waals surface area (Å²) < 4.78 is 0. The number of carbonyl (C=O) groups is 2. The third-order valence-corrected chi connectivity index (χ3v) is 2.46. The van der Waals surface area contributed by atoms with Crippen molar-refractivity contribution in [2.24, 2.45) is 5.73 Å². The summed E-state index contributed by atoms with van der Waals surface area (Å²) in [6.07, 6.45) is 0.